The summed E-state index contributed by atoms with van der Waals surface area (Å²) in [6, 6.07) is 19.9. The van der Waals surface area contributed by atoms with E-state index in [4.69, 9.17) is 11.5 Å². The highest BCUT2D eigenvalue weighted by molar-refractivity contribution is 7.19. The molecule has 0 bridgehead atoms. The highest BCUT2D eigenvalue weighted by Crippen LogP contribution is 2.30. The standard InChI is InChI=1S/C54H69N9O9S/c1-33(64)62-27-24-45(65)47(62)53(71)61-42(30-36-18-9-4-10-19-36)49(67)57-39(21-13-25-55)54(72)63-26-23-44(63)52(70)60-41(29-35-16-7-3-8-17-35)50(68)59-43(32-38-31-37-20-11-12-22-46(37)73-38)51(69)58-40(48(56)66)28-34-14-5-2-6-15-34/h2,4-6,9-12,14-15,18-20,22,31,35,39-45,47,65H,3,7-8,13,16-17,21,23-30,32,55H2,1H3,(H2,56,66)(H,57,67)(H,58,69)(H,59,68)(H,60,70)(H,61,71)/t39-,40-,41+,42-,43-,44-,45+,47-/m0/s1. The van der Waals surface area contributed by atoms with E-state index in [9.17, 15) is 43.5 Å². The van der Waals surface area contributed by atoms with Gasteiger partial charge < -0.3 is 53.0 Å². The maximum atomic E-state index is 14.7. The predicted octanol–water partition coefficient (Wildman–Crippen LogP) is 2.13. The van der Waals surface area contributed by atoms with Gasteiger partial charge in [-0.05, 0) is 73.2 Å². The smallest absolute Gasteiger partial charge is 0.246 e. The molecule has 390 valence electrons. The van der Waals surface area contributed by atoms with E-state index in [2.05, 4.69) is 26.6 Å². The molecule has 18 nitrogen and oxygen atoms in total. The van der Waals surface area contributed by atoms with Crippen LogP contribution in [0, 0.1) is 5.92 Å². The van der Waals surface area contributed by atoms with Gasteiger partial charge in [0, 0.05) is 48.9 Å². The van der Waals surface area contributed by atoms with Crippen LogP contribution in [-0.4, -0.2) is 130 Å². The maximum Gasteiger partial charge on any atom is 0.246 e. The highest BCUT2D eigenvalue weighted by Gasteiger charge is 2.44. The normalized spacial score (nSPS) is 19.8. The summed E-state index contributed by atoms with van der Waals surface area (Å²) in [6.07, 6.45) is 5.05. The first-order chi connectivity index (χ1) is 35.2. The van der Waals surface area contributed by atoms with Gasteiger partial charge in [-0.1, -0.05) is 111 Å². The van der Waals surface area contributed by atoms with Gasteiger partial charge in [0.05, 0.1) is 6.10 Å². The Morgan fingerprint density at radius 1 is 0.644 bits per heavy atom. The van der Waals surface area contributed by atoms with Gasteiger partial charge in [-0.25, -0.2) is 0 Å². The number of nitrogens with one attached hydrogen (secondary N) is 5. The second-order valence-electron chi connectivity index (χ2n) is 19.6. The number of nitrogens with two attached hydrogens (primary N) is 2. The summed E-state index contributed by atoms with van der Waals surface area (Å²) in [5.41, 5.74) is 13.2. The summed E-state index contributed by atoms with van der Waals surface area (Å²) < 4.78 is 0.995. The van der Waals surface area contributed by atoms with Gasteiger partial charge in [-0.3, -0.25) is 38.4 Å². The Morgan fingerprint density at radius 3 is 1.81 bits per heavy atom. The molecule has 0 radical (unpaired) electrons. The quantitative estimate of drug-likeness (QED) is 0.0536. The SMILES string of the molecule is CC(=O)N1CC[C@@H](O)[C@H]1C(=O)N[C@@H](Cc1ccccc1)C(=O)N[C@@H](CCCN)C(=O)N1CC[C@H]1C(=O)N[C@H](CC1CCCCC1)C(=O)N[C@@H](Cc1cc2ccccc2s1)C(=O)N[C@@H](Cc1ccccc1)C(N)=O. The molecule has 3 aromatic carbocycles. The van der Waals surface area contributed by atoms with E-state index in [0.717, 1.165) is 52.6 Å². The van der Waals surface area contributed by atoms with E-state index in [1.807, 2.05) is 66.7 Å². The Hall–Kier alpha value is -6.70. The summed E-state index contributed by atoms with van der Waals surface area (Å²) in [5.74, 6) is -4.74. The van der Waals surface area contributed by atoms with Crippen molar-refractivity contribution in [2.24, 2.45) is 17.4 Å². The number of carbonyl (C=O) groups is 8. The fourth-order valence-corrected chi connectivity index (χ4v) is 11.3. The number of hydrogen-bond acceptors (Lipinski definition) is 11. The Bertz CT molecular complexity index is 2540. The first-order valence-electron chi connectivity index (χ1n) is 25.5. The van der Waals surface area contributed by atoms with Crippen LogP contribution in [0.3, 0.4) is 0 Å². The fourth-order valence-electron chi connectivity index (χ4n) is 10.2. The maximum absolute atomic E-state index is 14.7. The van der Waals surface area contributed by atoms with E-state index in [-0.39, 0.29) is 64.1 Å². The number of amides is 8. The molecule has 3 fully saturated rings. The number of hydrogen-bond donors (Lipinski definition) is 8. The lowest BCUT2D eigenvalue weighted by atomic mass is 9.84. The van der Waals surface area contributed by atoms with E-state index >= 15 is 0 Å². The minimum atomic E-state index is -1.21. The summed E-state index contributed by atoms with van der Waals surface area (Å²) in [4.78, 5) is 114. The van der Waals surface area contributed by atoms with Gasteiger partial charge in [0.15, 0.2) is 0 Å². The van der Waals surface area contributed by atoms with Gasteiger partial charge in [0.1, 0.15) is 42.3 Å². The van der Waals surface area contributed by atoms with Crippen molar-refractivity contribution in [2.75, 3.05) is 19.6 Å². The average Bonchev–Trinajstić information content (AvgIpc) is 3.97. The molecule has 19 heteroatoms. The molecule has 8 amide bonds. The Kier molecular flexibility index (Phi) is 19.1. The third kappa shape index (κ3) is 14.5. The van der Waals surface area contributed by atoms with Crippen molar-refractivity contribution in [2.45, 2.75) is 139 Å². The second kappa shape index (κ2) is 25.8. The van der Waals surface area contributed by atoms with Gasteiger partial charge in [0.25, 0.3) is 0 Å². The molecule has 3 heterocycles. The number of aliphatic hydroxyl groups is 1. The lowest BCUT2D eigenvalue weighted by molar-refractivity contribution is -0.151. The van der Waals surface area contributed by atoms with Crippen LogP contribution in [0.4, 0.5) is 0 Å². The van der Waals surface area contributed by atoms with Gasteiger partial charge in [0.2, 0.25) is 47.3 Å². The van der Waals surface area contributed by atoms with E-state index in [1.54, 1.807) is 24.3 Å². The number of likely N-dealkylation sites (tertiary alicyclic amines) is 2. The van der Waals surface area contributed by atoms with Crippen molar-refractivity contribution >= 4 is 68.7 Å². The van der Waals surface area contributed by atoms with Crippen molar-refractivity contribution in [3.63, 3.8) is 0 Å². The summed E-state index contributed by atoms with van der Waals surface area (Å²) >= 11 is 1.48. The molecule has 1 saturated carbocycles. The fraction of sp³-hybridized carbons (Fsp3) is 0.481. The molecule has 3 aliphatic rings. The van der Waals surface area contributed by atoms with Crippen LogP contribution in [0.15, 0.2) is 91.0 Å². The number of carbonyl (C=O) groups excluding carboxylic acids is 8. The molecule has 0 spiro atoms. The van der Waals surface area contributed by atoms with Crippen LogP contribution in [-0.2, 0) is 57.6 Å². The number of benzene rings is 3. The van der Waals surface area contributed by atoms with Crippen molar-refractivity contribution in [1.82, 2.24) is 36.4 Å². The molecule has 10 N–H and O–H groups in total. The van der Waals surface area contributed by atoms with Crippen LogP contribution in [0.2, 0.25) is 0 Å². The molecular weight excluding hydrogens is 951 g/mol. The molecule has 1 aliphatic carbocycles. The van der Waals surface area contributed by atoms with Crippen LogP contribution in [0.5, 0.6) is 0 Å². The van der Waals surface area contributed by atoms with Crippen LogP contribution < -0.4 is 38.1 Å². The lowest BCUT2D eigenvalue weighted by Crippen LogP contribution is -2.65. The van der Waals surface area contributed by atoms with Crippen LogP contribution in [0.25, 0.3) is 10.1 Å². The molecule has 4 aromatic rings. The van der Waals surface area contributed by atoms with Crippen molar-refractivity contribution in [1.29, 1.82) is 0 Å². The Balaban J connectivity index is 1.08. The summed E-state index contributed by atoms with van der Waals surface area (Å²) in [5, 5.41) is 25.9. The molecule has 7 rings (SSSR count). The minimum absolute atomic E-state index is 0.0321. The monoisotopic (exact) mass is 1020 g/mol. The van der Waals surface area contributed by atoms with E-state index < -0.39 is 95.7 Å². The molecule has 2 aliphatic heterocycles. The third-order valence-electron chi connectivity index (χ3n) is 14.3. The zero-order chi connectivity index (χ0) is 52.0. The third-order valence-corrected chi connectivity index (χ3v) is 15.4. The van der Waals surface area contributed by atoms with Crippen molar-refractivity contribution in [3.05, 3.63) is 107 Å². The Morgan fingerprint density at radius 2 is 1.21 bits per heavy atom. The molecular formula is C54H69N9O9S. The van der Waals surface area contributed by atoms with Crippen LogP contribution in [0.1, 0.15) is 87.1 Å². The van der Waals surface area contributed by atoms with Gasteiger partial charge in [-0.15, -0.1) is 11.3 Å². The first-order valence-corrected chi connectivity index (χ1v) is 26.3. The van der Waals surface area contributed by atoms with Crippen LogP contribution >= 0.6 is 11.3 Å². The molecule has 1 aromatic heterocycles. The molecule has 8 atom stereocenters. The lowest BCUT2D eigenvalue weighted by Gasteiger charge is -2.42. The zero-order valence-electron chi connectivity index (χ0n) is 41.3. The first kappa shape index (κ1) is 54.1. The summed E-state index contributed by atoms with van der Waals surface area (Å²) in [7, 11) is 0. The number of primary amides is 1. The summed E-state index contributed by atoms with van der Waals surface area (Å²) in [6.45, 7) is 1.87. The largest absolute Gasteiger partial charge is 0.390 e. The Labute approximate surface area is 429 Å². The van der Waals surface area contributed by atoms with Crippen molar-refractivity contribution < 1.29 is 43.5 Å². The number of aliphatic hydroxyl groups excluding tert-OH is 1. The zero-order valence-corrected chi connectivity index (χ0v) is 42.2. The molecule has 2 saturated heterocycles. The highest BCUT2D eigenvalue weighted by atomic mass is 32.1. The molecule has 73 heavy (non-hydrogen) atoms. The second-order valence-corrected chi connectivity index (χ2v) is 20.7. The topological polar surface area (TPSA) is 275 Å². The molecule has 0 unspecified atom stereocenters. The number of fused-ring (bicyclic) bond motifs is 1. The minimum Gasteiger partial charge on any atom is -0.390 e. The number of thiophene rings is 1. The van der Waals surface area contributed by atoms with E-state index in [0.29, 0.717) is 18.4 Å². The number of rotatable bonds is 23. The van der Waals surface area contributed by atoms with Gasteiger partial charge >= 0.3 is 0 Å². The van der Waals surface area contributed by atoms with E-state index in [1.165, 1.54) is 28.1 Å². The average molecular weight is 1020 g/mol. The number of nitrogens with zero attached hydrogens (tertiary/aromatic N) is 2. The van der Waals surface area contributed by atoms with Crippen molar-refractivity contribution in [3.8, 4) is 0 Å². The predicted molar refractivity (Wildman–Crippen MR) is 276 cm³/mol. The van der Waals surface area contributed by atoms with Gasteiger partial charge in [-0.2, -0.15) is 0 Å².